The maximum atomic E-state index is 6.18. The number of hydrogen-bond donors (Lipinski definition) is 1. The molecular weight excluding hydrogens is 198 g/mol. The van der Waals surface area contributed by atoms with Gasteiger partial charge >= 0.3 is 0 Å². The second kappa shape index (κ2) is 3.76. The first-order valence-electron chi connectivity index (χ1n) is 5.36. The maximum Gasteiger partial charge on any atom is 0.139 e. The first-order valence-corrected chi connectivity index (χ1v) is 5.36. The van der Waals surface area contributed by atoms with Crippen LogP contribution in [-0.2, 0) is 12.6 Å². The third-order valence-corrected chi connectivity index (χ3v) is 2.68. The van der Waals surface area contributed by atoms with E-state index in [-0.39, 0.29) is 5.54 Å². The molecule has 0 saturated carbocycles. The standard InChI is InChI=1S/C13H17N3/c1-13(2,14)11-7-5-4-6-10(11)12-15-8-9-16(12)3/h4-9H,14H2,1-3H3. The SMILES string of the molecule is Cn1ccnc1-c1ccccc1C(C)(C)N. The van der Waals surface area contributed by atoms with Crippen LogP contribution in [0.2, 0.25) is 0 Å². The second-order valence-electron chi connectivity index (χ2n) is 4.63. The zero-order valence-electron chi connectivity index (χ0n) is 9.94. The summed E-state index contributed by atoms with van der Waals surface area (Å²) in [6, 6.07) is 8.14. The Morgan fingerprint density at radius 1 is 1.25 bits per heavy atom. The lowest BCUT2D eigenvalue weighted by Crippen LogP contribution is -2.29. The fourth-order valence-electron chi connectivity index (χ4n) is 1.87. The Balaban J connectivity index is 2.62. The number of imidazole rings is 1. The molecule has 3 heteroatoms. The Morgan fingerprint density at radius 3 is 2.50 bits per heavy atom. The van der Waals surface area contributed by atoms with E-state index in [2.05, 4.69) is 17.1 Å². The number of aryl methyl sites for hydroxylation is 1. The highest BCUT2D eigenvalue weighted by atomic mass is 15.0. The molecule has 0 aliphatic rings. The minimum atomic E-state index is -0.359. The minimum Gasteiger partial charge on any atom is -0.334 e. The Morgan fingerprint density at radius 2 is 1.94 bits per heavy atom. The summed E-state index contributed by atoms with van der Waals surface area (Å²) in [6.45, 7) is 4.02. The van der Waals surface area contributed by atoms with Crippen molar-refractivity contribution < 1.29 is 0 Å². The predicted octanol–water partition coefficient (Wildman–Crippen LogP) is 2.28. The summed E-state index contributed by atoms with van der Waals surface area (Å²) in [7, 11) is 1.99. The van der Waals surface area contributed by atoms with Crippen molar-refractivity contribution in [2.45, 2.75) is 19.4 Å². The van der Waals surface area contributed by atoms with E-state index in [0.29, 0.717) is 0 Å². The van der Waals surface area contributed by atoms with Gasteiger partial charge in [-0.2, -0.15) is 0 Å². The number of hydrogen-bond acceptors (Lipinski definition) is 2. The van der Waals surface area contributed by atoms with E-state index in [9.17, 15) is 0 Å². The normalized spacial score (nSPS) is 11.8. The molecule has 0 fully saturated rings. The van der Waals surface area contributed by atoms with Crippen LogP contribution in [-0.4, -0.2) is 9.55 Å². The van der Waals surface area contributed by atoms with Crippen LogP contribution in [0.5, 0.6) is 0 Å². The molecule has 2 rings (SSSR count). The van der Waals surface area contributed by atoms with Crippen LogP contribution in [0.1, 0.15) is 19.4 Å². The fraction of sp³-hybridized carbons (Fsp3) is 0.308. The highest BCUT2D eigenvalue weighted by Gasteiger charge is 2.20. The molecule has 1 aromatic carbocycles. The van der Waals surface area contributed by atoms with Gasteiger partial charge in [0.25, 0.3) is 0 Å². The van der Waals surface area contributed by atoms with Crippen molar-refractivity contribution in [3.8, 4) is 11.4 Å². The molecule has 2 aromatic rings. The lowest BCUT2D eigenvalue weighted by molar-refractivity contribution is 0.555. The van der Waals surface area contributed by atoms with E-state index in [0.717, 1.165) is 17.0 Å². The van der Waals surface area contributed by atoms with Crippen LogP contribution >= 0.6 is 0 Å². The van der Waals surface area contributed by atoms with Gasteiger partial charge in [-0.15, -0.1) is 0 Å². The Hall–Kier alpha value is -1.61. The first kappa shape index (κ1) is 10.9. The highest BCUT2D eigenvalue weighted by Crippen LogP contribution is 2.28. The second-order valence-corrected chi connectivity index (χ2v) is 4.63. The van der Waals surface area contributed by atoms with Gasteiger partial charge in [0.15, 0.2) is 0 Å². The van der Waals surface area contributed by atoms with Gasteiger partial charge in [-0.1, -0.05) is 24.3 Å². The number of nitrogens with zero attached hydrogens (tertiary/aromatic N) is 2. The number of aromatic nitrogens is 2. The van der Waals surface area contributed by atoms with Crippen LogP contribution in [0.15, 0.2) is 36.7 Å². The molecule has 0 radical (unpaired) electrons. The molecule has 0 bridgehead atoms. The smallest absolute Gasteiger partial charge is 0.139 e. The number of benzene rings is 1. The zero-order valence-corrected chi connectivity index (χ0v) is 9.94. The van der Waals surface area contributed by atoms with E-state index < -0.39 is 0 Å². The average molecular weight is 215 g/mol. The van der Waals surface area contributed by atoms with Crippen molar-refractivity contribution in [1.82, 2.24) is 9.55 Å². The van der Waals surface area contributed by atoms with Crippen molar-refractivity contribution in [2.75, 3.05) is 0 Å². The van der Waals surface area contributed by atoms with Crippen molar-refractivity contribution in [3.05, 3.63) is 42.2 Å². The Bertz CT molecular complexity index is 492. The van der Waals surface area contributed by atoms with Crippen LogP contribution < -0.4 is 5.73 Å². The maximum absolute atomic E-state index is 6.18. The monoisotopic (exact) mass is 215 g/mol. The molecular formula is C13H17N3. The Labute approximate surface area is 95.9 Å². The van der Waals surface area contributed by atoms with E-state index in [1.165, 1.54) is 0 Å². The third-order valence-electron chi connectivity index (χ3n) is 2.68. The van der Waals surface area contributed by atoms with Gasteiger partial charge in [0, 0.05) is 30.5 Å². The largest absolute Gasteiger partial charge is 0.334 e. The summed E-state index contributed by atoms with van der Waals surface area (Å²) in [4.78, 5) is 4.37. The van der Waals surface area contributed by atoms with Gasteiger partial charge in [0.2, 0.25) is 0 Å². The van der Waals surface area contributed by atoms with Crippen LogP contribution in [0.3, 0.4) is 0 Å². The molecule has 0 unspecified atom stereocenters. The molecule has 0 saturated heterocycles. The number of rotatable bonds is 2. The molecule has 16 heavy (non-hydrogen) atoms. The van der Waals surface area contributed by atoms with E-state index in [1.807, 2.05) is 43.8 Å². The van der Waals surface area contributed by atoms with Gasteiger partial charge in [-0.05, 0) is 19.4 Å². The summed E-state index contributed by atoms with van der Waals surface area (Å²) in [6.07, 6.45) is 3.74. The lowest BCUT2D eigenvalue weighted by atomic mass is 9.90. The van der Waals surface area contributed by atoms with Gasteiger partial charge < -0.3 is 10.3 Å². The van der Waals surface area contributed by atoms with Crippen LogP contribution in [0, 0.1) is 0 Å². The molecule has 2 N–H and O–H groups in total. The summed E-state index contributed by atoms with van der Waals surface area (Å²) in [5, 5.41) is 0. The first-order chi connectivity index (χ1) is 7.50. The van der Waals surface area contributed by atoms with Gasteiger partial charge in [0.1, 0.15) is 5.82 Å². The topological polar surface area (TPSA) is 43.8 Å². The molecule has 0 aliphatic carbocycles. The summed E-state index contributed by atoms with van der Waals surface area (Å²) < 4.78 is 2.00. The summed E-state index contributed by atoms with van der Waals surface area (Å²) in [5.41, 5.74) is 8.03. The summed E-state index contributed by atoms with van der Waals surface area (Å²) >= 11 is 0. The molecule has 0 aliphatic heterocycles. The lowest BCUT2D eigenvalue weighted by Gasteiger charge is -2.22. The third kappa shape index (κ3) is 1.86. The molecule has 3 nitrogen and oxygen atoms in total. The van der Waals surface area contributed by atoms with Crippen LogP contribution in [0.25, 0.3) is 11.4 Å². The highest BCUT2D eigenvalue weighted by molar-refractivity contribution is 5.62. The van der Waals surface area contributed by atoms with Crippen molar-refractivity contribution in [2.24, 2.45) is 12.8 Å². The minimum absolute atomic E-state index is 0.359. The van der Waals surface area contributed by atoms with Gasteiger partial charge in [-0.25, -0.2) is 4.98 Å². The van der Waals surface area contributed by atoms with E-state index in [4.69, 9.17) is 5.73 Å². The average Bonchev–Trinajstić information content (AvgIpc) is 2.63. The molecule has 0 spiro atoms. The molecule has 0 amide bonds. The zero-order chi connectivity index (χ0) is 11.8. The molecule has 1 heterocycles. The van der Waals surface area contributed by atoms with Gasteiger partial charge in [0.05, 0.1) is 0 Å². The Kier molecular flexibility index (Phi) is 2.56. The molecule has 84 valence electrons. The van der Waals surface area contributed by atoms with E-state index >= 15 is 0 Å². The summed E-state index contributed by atoms with van der Waals surface area (Å²) in [5.74, 6) is 0.953. The van der Waals surface area contributed by atoms with Gasteiger partial charge in [-0.3, -0.25) is 0 Å². The predicted molar refractivity (Wildman–Crippen MR) is 65.9 cm³/mol. The van der Waals surface area contributed by atoms with Crippen molar-refractivity contribution in [1.29, 1.82) is 0 Å². The quantitative estimate of drug-likeness (QED) is 0.835. The number of nitrogens with two attached hydrogens (primary N) is 1. The van der Waals surface area contributed by atoms with Crippen LogP contribution in [0.4, 0.5) is 0 Å². The molecule has 0 atom stereocenters. The van der Waals surface area contributed by atoms with Crippen molar-refractivity contribution >= 4 is 0 Å². The van der Waals surface area contributed by atoms with Crippen molar-refractivity contribution in [3.63, 3.8) is 0 Å². The van der Waals surface area contributed by atoms with E-state index in [1.54, 1.807) is 6.20 Å². The fourth-order valence-corrected chi connectivity index (χ4v) is 1.87. The molecule has 1 aromatic heterocycles.